The number of fused-ring (bicyclic) bond motifs is 1. The first kappa shape index (κ1) is 11.6. The van der Waals surface area contributed by atoms with E-state index in [0.29, 0.717) is 0 Å². The monoisotopic (exact) mass is 224 g/mol. The lowest BCUT2D eigenvalue weighted by Gasteiger charge is -2.33. The van der Waals surface area contributed by atoms with Crippen LogP contribution in [0.3, 0.4) is 0 Å². The van der Waals surface area contributed by atoms with Gasteiger partial charge in [0.2, 0.25) is 0 Å². The summed E-state index contributed by atoms with van der Waals surface area (Å²) in [5.41, 5.74) is -0.440. The molecule has 3 heteroatoms. The third-order valence-corrected chi connectivity index (χ3v) is 4.14. The normalized spacial score (nSPS) is 33.7. The Morgan fingerprint density at radius 2 is 2.12 bits per heavy atom. The molecule has 1 heterocycles. The molecule has 16 heavy (non-hydrogen) atoms. The van der Waals surface area contributed by atoms with Crippen molar-refractivity contribution in [1.82, 2.24) is 0 Å². The van der Waals surface area contributed by atoms with E-state index in [2.05, 4.69) is 6.92 Å². The van der Waals surface area contributed by atoms with Crippen LogP contribution >= 0.6 is 0 Å². The van der Waals surface area contributed by atoms with Crippen LogP contribution in [-0.2, 0) is 14.3 Å². The van der Waals surface area contributed by atoms with E-state index >= 15 is 0 Å². The first-order chi connectivity index (χ1) is 7.70. The SMILES string of the molecule is CCCCCC12CCCCC1C(=O)OC2=O. The van der Waals surface area contributed by atoms with Crippen LogP contribution in [0, 0.1) is 11.3 Å². The van der Waals surface area contributed by atoms with Gasteiger partial charge in [-0.3, -0.25) is 9.59 Å². The van der Waals surface area contributed by atoms with Crippen molar-refractivity contribution in [3.8, 4) is 0 Å². The summed E-state index contributed by atoms with van der Waals surface area (Å²) in [5.74, 6) is -0.634. The molecule has 0 amide bonds. The van der Waals surface area contributed by atoms with Crippen LogP contribution in [0.1, 0.15) is 58.3 Å². The number of carbonyl (C=O) groups is 2. The van der Waals surface area contributed by atoms with Crippen LogP contribution in [0.4, 0.5) is 0 Å². The lowest BCUT2D eigenvalue weighted by atomic mass is 9.65. The molecule has 3 nitrogen and oxygen atoms in total. The summed E-state index contributed by atoms with van der Waals surface area (Å²) >= 11 is 0. The minimum absolute atomic E-state index is 0.134. The second-order valence-electron chi connectivity index (χ2n) is 5.12. The molecule has 0 bridgehead atoms. The molecule has 90 valence electrons. The van der Waals surface area contributed by atoms with Gasteiger partial charge in [-0.05, 0) is 19.3 Å². The smallest absolute Gasteiger partial charge is 0.320 e. The van der Waals surface area contributed by atoms with Crippen molar-refractivity contribution in [3.05, 3.63) is 0 Å². The molecule has 0 aromatic carbocycles. The van der Waals surface area contributed by atoms with E-state index in [9.17, 15) is 9.59 Å². The maximum Gasteiger partial charge on any atom is 0.320 e. The average molecular weight is 224 g/mol. The van der Waals surface area contributed by atoms with Gasteiger partial charge in [-0.2, -0.15) is 0 Å². The Balaban J connectivity index is 2.12. The Kier molecular flexibility index (Phi) is 3.31. The van der Waals surface area contributed by atoms with Crippen molar-refractivity contribution >= 4 is 11.9 Å². The van der Waals surface area contributed by atoms with Crippen LogP contribution in [0.15, 0.2) is 0 Å². The molecule has 2 aliphatic rings. The fourth-order valence-corrected chi connectivity index (χ4v) is 3.18. The van der Waals surface area contributed by atoms with Crippen LogP contribution in [0.2, 0.25) is 0 Å². The number of hydrogen-bond donors (Lipinski definition) is 0. The van der Waals surface area contributed by atoms with Crippen LogP contribution in [0.25, 0.3) is 0 Å². The van der Waals surface area contributed by atoms with Crippen LogP contribution in [0.5, 0.6) is 0 Å². The summed E-state index contributed by atoms with van der Waals surface area (Å²) in [6.07, 6.45) is 7.97. The van der Waals surface area contributed by atoms with Gasteiger partial charge in [0.25, 0.3) is 0 Å². The van der Waals surface area contributed by atoms with E-state index in [4.69, 9.17) is 4.74 Å². The molecule has 0 aromatic heterocycles. The van der Waals surface area contributed by atoms with Crippen LogP contribution in [-0.4, -0.2) is 11.9 Å². The zero-order valence-corrected chi connectivity index (χ0v) is 9.96. The van der Waals surface area contributed by atoms with E-state index in [1.807, 2.05) is 0 Å². The Morgan fingerprint density at radius 3 is 2.88 bits per heavy atom. The maximum absolute atomic E-state index is 11.9. The Hall–Kier alpha value is -0.860. The summed E-state index contributed by atoms with van der Waals surface area (Å²) in [6, 6.07) is 0. The molecule has 0 aromatic rings. The van der Waals surface area contributed by atoms with Crippen molar-refractivity contribution in [1.29, 1.82) is 0 Å². The van der Waals surface area contributed by atoms with Crippen LogP contribution < -0.4 is 0 Å². The highest BCUT2D eigenvalue weighted by Gasteiger charge is 2.57. The standard InChI is InChI=1S/C13H20O3/c1-2-3-5-8-13-9-6-4-7-10(13)11(14)16-12(13)15/h10H,2-9H2,1H3. The molecular weight excluding hydrogens is 204 g/mol. The molecule has 1 saturated carbocycles. The van der Waals surface area contributed by atoms with E-state index in [1.54, 1.807) is 0 Å². The molecular formula is C13H20O3. The highest BCUT2D eigenvalue weighted by atomic mass is 16.6. The summed E-state index contributed by atoms with van der Waals surface area (Å²) in [6.45, 7) is 2.15. The van der Waals surface area contributed by atoms with Crippen molar-refractivity contribution in [2.75, 3.05) is 0 Å². The lowest BCUT2D eigenvalue weighted by Crippen LogP contribution is -2.36. The summed E-state index contributed by atoms with van der Waals surface area (Å²) in [7, 11) is 0. The quantitative estimate of drug-likeness (QED) is 0.419. The second-order valence-corrected chi connectivity index (χ2v) is 5.12. The van der Waals surface area contributed by atoms with Crippen molar-refractivity contribution in [2.45, 2.75) is 58.3 Å². The average Bonchev–Trinajstić information content (AvgIpc) is 2.53. The molecule has 2 rings (SSSR count). The van der Waals surface area contributed by atoms with Gasteiger partial charge in [-0.1, -0.05) is 39.0 Å². The number of rotatable bonds is 4. The zero-order chi connectivity index (χ0) is 11.6. The van der Waals surface area contributed by atoms with Gasteiger partial charge >= 0.3 is 11.9 Å². The first-order valence-electron chi connectivity index (χ1n) is 6.47. The summed E-state index contributed by atoms with van der Waals surface area (Å²) in [4.78, 5) is 23.5. The molecule has 2 atom stereocenters. The predicted octanol–water partition coefficient (Wildman–Crippen LogP) is 2.83. The zero-order valence-electron chi connectivity index (χ0n) is 9.96. The molecule has 2 unspecified atom stereocenters. The number of hydrogen-bond acceptors (Lipinski definition) is 3. The number of cyclic esters (lactones) is 2. The maximum atomic E-state index is 11.9. The fraction of sp³-hybridized carbons (Fsp3) is 0.846. The minimum Gasteiger partial charge on any atom is -0.392 e. The predicted molar refractivity (Wildman–Crippen MR) is 59.6 cm³/mol. The fourth-order valence-electron chi connectivity index (χ4n) is 3.18. The summed E-state index contributed by atoms with van der Waals surface area (Å²) in [5, 5.41) is 0. The molecule has 1 aliphatic carbocycles. The Labute approximate surface area is 96.5 Å². The number of unbranched alkanes of at least 4 members (excludes halogenated alkanes) is 2. The van der Waals surface area contributed by atoms with Crippen molar-refractivity contribution < 1.29 is 14.3 Å². The Bertz CT molecular complexity index is 298. The van der Waals surface area contributed by atoms with Gasteiger partial charge in [0.15, 0.2) is 0 Å². The number of carbonyl (C=O) groups excluding carboxylic acids is 2. The van der Waals surface area contributed by atoms with Gasteiger partial charge in [-0.15, -0.1) is 0 Å². The number of ether oxygens (including phenoxy) is 1. The first-order valence-corrected chi connectivity index (χ1v) is 6.47. The Morgan fingerprint density at radius 1 is 1.31 bits per heavy atom. The second kappa shape index (κ2) is 4.56. The van der Waals surface area contributed by atoms with E-state index in [-0.39, 0.29) is 17.9 Å². The van der Waals surface area contributed by atoms with Gasteiger partial charge in [0, 0.05) is 0 Å². The van der Waals surface area contributed by atoms with Crippen molar-refractivity contribution in [3.63, 3.8) is 0 Å². The highest BCUT2D eigenvalue weighted by Crippen LogP contribution is 2.50. The minimum atomic E-state index is -0.440. The lowest BCUT2D eigenvalue weighted by molar-refractivity contribution is -0.155. The topological polar surface area (TPSA) is 43.4 Å². The third-order valence-electron chi connectivity index (χ3n) is 4.14. The van der Waals surface area contributed by atoms with Gasteiger partial charge in [0.1, 0.15) is 0 Å². The molecule has 0 radical (unpaired) electrons. The number of esters is 2. The van der Waals surface area contributed by atoms with Gasteiger partial charge < -0.3 is 4.74 Å². The van der Waals surface area contributed by atoms with Gasteiger partial charge in [0.05, 0.1) is 11.3 Å². The molecule has 1 saturated heterocycles. The van der Waals surface area contributed by atoms with E-state index in [0.717, 1.165) is 51.4 Å². The van der Waals surface area contributed by atoms with E-state index < -0.39 is 5.41 Å². The van der Waals surface area contributed by atoms with Crippen molar-refractivity contribution in [2.24, 2.45) is 11.3 Å². The largest absolute Gasteiger partial charge is 0.392 e. The highest BCUT2D eigenvalue weighted by molar-refractivity contribution is 5.99. The molecule has 0 N–H and O–H groups in total. The van der Waals surface area contributed by atoms with E-state index in [1.165, 1.54) is 0 Å². The van der Waals surface area contributed by atoms with Gasteiger partial charge in [-0.25, -0.2) is 0 Å². The summed E-state index contributed by atoms with van der Waals surface area (Å²) < 4.78 is 4.86. The molecule has 1 aliphatic heterocycles. The third kappa shape index (κ3) is 1.76. The molecule has 2 fully saturated rings. The molecule has 0 spiro atoms.